The molecule has 0 amide bonds. The third kappa shape index (κ3) is 2.79. The number of aryl methyl sites for hydroxylation is 1. The van der Waals surface area contributed by atoms with Gasteiger partial charge in [0, 0.05) is 23.1 Å². The molecule has 6 nitrogen and oxygen atoms in total. The number of carbonyl (C=O) groups is 1. The second-order valence-corrected chi connectivity index (χ2v) is 6.40. The van der Waals surface area contributed by atoms with E-state index in [-0.39, 0.29) is 5.78 Å². The normalized spacial score (nSPS) is 12.0. The minimum atomic E-state index is -0.986. The molecule has 3 heterocycles. The third-order valence-corrected chi connectivity index (χ3v) is 4.67. The number of nitrogens with one attached hydrogen (secondary N) is 1. The molecule has 0 saturated heterocycles. The van der Waals surface area contributed by atoms with E-state index in [1.807, 2.05) is 60.9 Å². The Balaban J connectivity index is 1.76. The van der Waals surface area contributed by atoms with E-state index in [4.69, 9.17) is 0 Å². The molecule has 132 valence electrons. The van der Waals surface area contributed by atoms with Crippen LogP contribution in [0.15, 0.2) is 54.9 Å². The Morgan fingerprint density at radius 3 is 2.74 bits per heavy atom. The quantitative estimate of drug-likeness (QED) is 0.563. The number of nitrogens with zero attached hydrogens (tertiary/aromatic N) is 4. The van der Waals surface area contributed by atoms with Crippen LogP contribution in [-0.2, 0) is 0 Å². The summed E-state index contributed by atoms with van der Waals surface area (Å²) in [6.45, 7) is 3.81. The average Bonchev–Trinajstić information content (AvgIpc) is 3.23. The highest BCUT2D eigenvalue weighted by Gasteiger charge is 2.28. The Bertz CT molecular complexity index is 1150. The number of aromatic nitrogens is 4. The summed E-state index contributed by atoms with van der Waals surface area (Å²) in [6.07, 6.45) is 3.45. The van der Waals surface area contributed by atoms with Crippen LogP contribution >= 0.6 is 0 Å². The Kier molecular flexibility index (Phi) is 4.05. The molecule has 0 radical (unpaired) electrons. The summed E-state index contributed by atoms with van der Waals surface area (Å²) in [6, 6.07) is 15.2. The Morgan fingerprint density at radius 1 is 1.22 bits per heavy atom. The van der Waals surface area contributed by atoms with E-state index in [1.54, 1.807) is 12.4 Å². The number of nitriles is 1. The number of pyridine rings is 1. The van der Waals surface area contributed by atoms with Crippen LogP contribution in [-0.4, -0.2) is 25.3 Å². The number of H-pyrrole nitrogens is 1. The first kappa shape index (κ1) is 16.7. The fraction of sp³-hybridized carbons (Fsp3) is 0.143. The maximum atomic E-state index is 13.2. The van der Waals surface area contributed by atoms with Gasteiger partial charge < -0.3 is 9.55 Å². The van der Waals surface area contributed by atoms with Gasteiger partial charge in [-0.2, -0.15) is 5.26 Å². The van der Waals surface area contributed by atoms with Gasteiger partial charge in [0.2, 0.25) is 0 Å². The van der Waals surface area contributed by atoms with Crippen LogP contribution in [0.4, 0.5) is 0 Å². The zero-order valence-corrected chi connectivity index (χ0v) is 15.0. The van der Waals surface area contributed by atoms with Crippen LogP contribution in [0.3, 0.4) is 0 Å². The third-order valence-electron chi connectivity index (χ3n) is 4.67. The predicted molar refractivity (Wildman–Crippen MR) is 102 cm³/mol. The Hall–Kier alpha value is -3.72. The molecule has 0 saturated carbocycles. The molecule has 3 aromatic heterocycles. The van der Waals surface area contributed by atoms with Gasteiger partial charge in [0.25, 0.3) is 0 Å². The van der Waals surface area contributed by atoms with E-state index in [1.165, 1.54) is 0 Å². The first-order valence-corrected chi connectivity index (χ1v) is 8.58. The lowest BCUT2D eigenvalue weighted by Crippen LogP contribution is -2.14. The van der Waals surface area contributed by atoms with Crippen molar-refractivity contribution in [3.05, 3.63) is 77.6 Å². The molecule has 6 heteroatoms. The van der Waals surface area contributed by atoms with E-state index < -0.39 is 5.92 Å². The van der Waals surface area contributed by atoms with E-state index in [0.29, 0.717) is 11.4 Å². The molecule has 27 heavy (non-hydrogen) atoms. The zero-order chi connectivity index (χ0) is 19.0. The molecule has 4 rings (SSSR count). The minimum Gasteiger partial charge on any atom is -0.340 e. The fourth-order valence-corrected chi connectivity index (χ4v) is 3.40. The van der Waals surface area contributed by atoms with E-state index >= 15 is 0 Å². The Labute approximate surface area is 156 Å². The zero-order valence-electron chi connectivity index (χ0n) is 15.0. The molecule has 0 aliphatic carbocycles. The van der Waals surface area contributed by atoms with E-state index in [9.17, 15) is 10.1 Å². The number of fused-ring (bicyclic) bond motifs is 1. The highest BCUT2D eigenvalue weighted by molar-refractivity contribution is 6.04. The van der Waals surface area contributed by atoms with Crippen LogP contribution in [0, 0.1) is 25.2 Å². The van der Waals surface area contributed by atoms with Gasteiger partial charge in [-0.15, -0.1) is 0 Å². The fourth-order valence-electron chi connectivity index (χ4n) is 3.40. The number of benzene rings is 1. The lowest BCUT2D eigenvalue weighted by Gasteiger charge is -2.10. The first-order valence-electron chi connectivity index (χ1n) is 8.58. The molecule has 0 aliphatic heterocycles. The summed E-state index contributed by atoms with van der Waals surface area (Å²) < 4.78 is 1.97. The summed E-state index contributed by atoms with van der Waals surface area (Å²) in [7, 11) is 0. The number of hydrogen-bond donors (Lipinski definition) is 1. The maximum Gasteiger partial charge on any atom is 0.189 e. The van der Waals surface area contributed by atoms with Gasteiger partial charge in [-0.25, -0.2) is 4.98 Å². The summed E-state index contributed by atoms with van der Waals surface area (Å²) in [5.41, 5.74) is 4.63. The van der Waals surface area contributed by atoms with Gasteiger partial charge in [-0.05, 0) is 44.2 Å². The SMILES string of the molecule is Cc1cc(C(=O)[C@@H](C#N)c2nc3ccccc3[nH]2)c(C)n1-c1cccnc1. The minimum absolute atomic E-state index is 0.264. The molecule has 1 aromatic carbocycles. The maximum absolute atomic E-state index is 13.2. The monoisotopic (exact) mass is 355 g/mol. The van der Waals surface area contributed by atoms with Crippen molar-refractivity contribution >= 4 is 16.8 Å². The largest absolute Gasteiger partial charge is 0.340 e. The van der Waals surface area contributed by atoms with Gasteiger partial charge in [0.15, 0.2) is 11.7 Å². The lowest BCUT2D eigenvalue weighted by molar-refractivity contribution is 0.0976. The molecule has 1 N–H and O–H groups in total. The number of Topliss-reactive ketones (excluding diaryl/α,β-unsaturated/α-hetero) is 1. The topological polar surface area (TPSA) is 87.4 Å². The van der Waals surface area contributed by atoms with Crippen molar-refractivity contribution in [1.82, 2.24) is 19.5 Å². The van der Waals surface area contributed by atoms with E-state index in [2.05, 4.69) is 21.0 Å². The van der Waals surface area contributed by atoms with Crippen LogP contribution in [0.5, 0.6) is 0 Å². The molecule has 0 aliphatic rings. The van der Waals surface area contributed by atoms with Crippen LogP contribution in [0.25, 0.3) is 16.7 Å². The summed E-state index contributed by atoms with van der Waals surface area (Å²) in [4.78, 5) is 24.8. The second kappa shape index (κ2) is 6.54. The highest BCUT2D eigenvalue weighted by atomic mass is 16.1. The van der Waals surface area contributed by atoms with Gasteiger partial charge >= 0.3 is 0 Å². The molecular weight excluding hydrogens is 338 g/mol. The number of aromatic amines is 1. The van der Waals surface area contributed by atoms with Crippen molar-refractivity contribution in [2.75, 3.05) is 0 Å². The molecule has 0 bridgehead atoms. The van der Waals surface area contributed by atoms with Gasteiger partial charge in [0.1, 0.15) is 5.82 Å². The van der Waals surface area contributed by atoms with Crippen LogP contribution < -0.4 is 0 Å². The molecule has 4 aromatic rings. The molecule has 1 atom stereocenters. The van der Waals surface area contributed by atoms with Crippen molar-refractivity contribution in [3.63, 3.8) is 0 Å². The number of hydrogen-bond acceptors (Lipinski definition) is 4. The highest BCUT2D eigenvalue weighted by Crippen LogP contribution is 2.26. The van der Waals surface area contributed by atoms with E-state index in [0.717, 1.165) is 28.1 Å². The first-order chi connectivity index (χ1) is 13.1. The molecule has 0 fully saturated rings. The number of carbonyl (C=O) groups excluding carboxylic acids is 1. The lowest BCUT2D eigenvalue weighted by atomic mass is 9.98. The Morgan fingerprint density at radius 2 is 2.04 bits per heavy atom. The van der Waals surface area contributed by atoms with Crippen molar-refractivity contribution < 1.29 is 4.79 Å². The van der Waals surface area contributed by atoms with Crippen LogP contribution in [0.2, 0.25) is 0 Å². The van der Waals surface area contributed by atoms with Gasteiger partial charge in [-0.3, -0.25) is 9.78 Å². The van der Waals surface area contributed by atoms with Crippen molar-refractivity contribution in [2.45, 2.75) is 19.8 Å². The van der Waals surface area contributed by atoms with Crippen LogP contribution in [0.1, 0.15) is 33.5 Å². The van der Waals surface area contributed by atoms with Crippen molar-refractivity contribution in [1.29, 1.82) is 5.26 Å². The smallest absolute Gasteiger partial charge is 0.189 e. The molecule has 0 unspecified atom stereocenters. The summed E-state index contributed by atoms with van der Waals surface area (Å²) in [5.74, 6) is -0.880. The summed E-state index contributed by atoms with van der Waals surface area (Å²) in [5, 5.41) is 9.67. The van der Waals surface area contributed by atoms with Gasteiger partial charge in [-0.1, -0.05) is 12.1 Å². The predicted octanol–water partition coefficient (Wildman–Crippen LogP) is 3.86. The number of para-hydroxylation sites is 2. The molecule has 0 spiro atoms. The van der Waals surface area contributed by atoms with Crippen molar-refractivity contribution in [2.24, 2.45) is 0 Å². The summed E-state index contributed by atoms with van der Waals surface area (Å²) >= 11 is 0. The van der Waals surface area contributed by atoms with Crippen molar-refractivity contribution in [3.8, 4) is 11.8 Å². The average molecular weight is 355 g/mol. The van der Waals surface area contributed by atoms with Gasteiger partial charge in [0.05, 0.1) is 29.0 Å². The number of ketones is 1. The number of imidazole rings is 1. The number of rotatable bonds is 4. The standard InChI is InChI=1S/C21H17N5O/c1-13-10-16(14(2)26(13)15-6-5-9-23-12-15)20(27)17(11-22)21-24-18-7-3-4-8-19(18)25-21/h3-10,12,17H,1-2H3,(H,24,25)/t17-/m1/s1. The molecular formula is C21H17N5O. The second-order valence-electron chi connectivity index (χ2n) is 6.40.